The van der Waals surface area contributed by atoms with Crippen molar-refractivity contribution in [2.75, 3.05) is 5.32 Å². The van der Waals surface area contributed by atoms with Crippen LogP contribution in [-0.2, 0) is 6.42 Å². The normalized spacial score (nSPS) is 11.9. The number of aryl methyl sites for hydroxylation is 2. The summed E-state index contributed by atoms with van der Waals surface area (Å²) in [5.41, 5.74) is 1.98. The van der Waals surface area contributed by atoms with E-state index in [-0.39, 0.29) is 11.7 Å². The number of anilines is 1. The molecule has 0 aliphatic rings. The van der Waals surface area contributed by atoms with Crippen LogP contribution in [0, 0.1) is 17.0 Å². The molecular weight excluding hydrogens is 266 g/mol. The lowest BCUT2D eigenvalue weighted by Crippen LogP contribution is -2.17. The second kappa shape index (κ2) is 6.83. The molecular formula is C16H19N3O2. The van der Waals surface area contributed by atoms with Crippen LogP contribution in [0.4, 0.5) is 11.5 Å². The van der Waals surface area contributed by atoms with E-state index in [0.29, 0.717) is 11.4 Å². The molecule has 1 heterocycles. The van der Waals surface area contributed by atoms with Gasteiger partial charge in [-0.3, -0.25) is 10.1 Å². The highest BCUT2D eigenvalue weighted by molar-refractivity contribution is 5.47. The molecule has 0 aliphatic carbocycles. The van der Waals surface area contributed by atoms with Crippen LogP contribution in [0.5, 0.6) is 0 Å². The molecule has 1 unspecified atom stereocenters. The predicted molar refractivity (Wildman–Crippen MR) is 83.5 cm³/mol. The van der Waals surface area contributed by atoms with Crippen LogP contribution in [-0.4, -0.2) is 15.9 Å². The van der Waals surface area contributed by atoms with Gasteiger partial charge >= 0.3 is 0 Å². The minimum absolute atomic E-state index is 0.0532. The molecule has 2 rings (SSSR count). The van der Waals surface area contributed by atoms with Gasteiger partial charge in [0.15, 0.2) is 0 Å². The van der Waals surface area contributed by atoms with Gasteiger partial charge in [0.1, 0.15) is 12.0 Å². The molecule has 5 heteroatoms. The lowest BCUT2D eigenvalue weighted by atomic mass is 10.1. The fraction of sp³-hybridized carbons (Fsp3) is 0.312. The van der Waals surface area contributed by atoms with Crippen molar-refractivity contribution in [3.8, 4) is 0 Å². The third-order valence-electron chi connectivity index (χ3n) is 3.38. The van der Waals surface area contributed by atoms with E-state index in [1.807, 2.05) is 18.2 Å². The van der Waals surface area contributed by atoms with Crippen molar-refractivity contribution in [1.29, 1.82) is 0 Å². The molecule has 0 saturated heterocycles. The molecule has 0 amide bonds. The molecule has 0 fully saturated rings. The van der Waals surface area contributed by atoms with E-state index in [4.69, 9.17) is 0 Å². The summed E-state index contributed by atoms with van der Waals surface area (Å²) in [6.07, 6.45) is 3.27. The molecule has 0 aliphatic heterocycles. The zero-order valence-corrected chi connectivity index (χ0v) is 12.2. The molecule has 1 atom stereocenters. The maximum atomic E-state index is 10.8. The molecule has 1 aromatic heterocycles. The highest BCUT2D eigenvalue weighted by Crippen LogP contribution is 2.19. The highest BCUT2D eigenvalue weighted by Gasteiger charge is 2.12. The van der Waals surface area contributed by atoms with Gasteiger partial charge in [0.25, 0.3) is 5.69 Å². The number of rotatable bonds is 6. The van der Waals surface area contributed by atoms with Gasteiger partial charge in [0, 0.05) is 11.6 Å². The Morgan fingerprint density at radius 3 is 2.67 bits per heavy atom. The lowest BCUT2D eigenvalue weighted by molar-refractivity contribution is -0.385. The van der Waals surface area contributed by atoms with Gasteiger partial charge in [0.2, 0.25) is 0 Å². The quantitative estimate of drug-likeness (QED) is 0.648. The molecule has 1 aromatic carbocycles. The van der Waals surface area contributed by atoms with Crippen LogP contribution < -0.4 is 5.32 Å². The Labute approximate surface area is 124 Å². The van der Waals surface area contributed by atoms with Crippen molar-refractivity contribution < 1.29 is 4.92 Å². The summed E-state index contributed by atoms with van der Waals surface area (Å²) in [6.45, 7) is 3.81. The molecule has 1 N–H and O–H groups in total. The van der Waals surface area contributed by atoms with Gasteiger partial charge in [-0.1, -0.05) is 30.3 Å². The van der Waals surface area contributed by atoms with Gasteiger partial charge in [-0.05, 0) is 38.3 Å². The van der Waals surface area contributed by atoms with E-state index in [0.717, 1.165) is 12.8 Å². The number of aromatic nitrogens is 1. The van der Waals surface area contributed by atoms with Gasteiger partial charge in [-0.15, -0.1) is 0 Å². The summed E-state index contributed by atoms with van der Waals surface area (Å²) >= 11 is 0. The summed E-state index contributed by atoms with van der Waals surface area (Å²) in [5, 5.41) is 14.0. The molecule has 110 valence electrons. The zero-order chi connectivity index (χ0) is 15.2. The van der Waals surface area contributed by atoms with Gasteiger partial charge in [-0.25, -0.2) is 4.98 Å². The Morgan fingerprint density at radius 1 is 1.33 bits per heavy atom. The minimum atomic E-state index is -0.412. The average molecular weight is 285 g/mol. The molecule has 0 bridgehead atoms. The predicted octanol–water partition coefficient (Wildman–Crippen LogP) is 3.73. The molecule has 0 saturated carbocycles. The first kappa shape index (κ1) is 15.0. The summed E-state index contributed by atoms with van der Waals surface area (Å²) in [4.78, 5) is 14.5. The third-order valence-corrected chi connectivity index (χ3v) is 3.38. The number of hydrogen-bond acceptors (Lipinski definition) is 4. The van der Waals surface area contributed by atoms with E-state index >= 15 is 0 Å². The molecule has 2 aromatic rings. The van der Waals surface area contributed by atoms with E-state index in [1.54, 1.807) is 13.0 Å². The second-order valence-electron chi connectivity index (χ2n) is 5.18. The van der Waals surface area contributed by atoms with Crippen LogP contribution >= 0.6 is 0 Å². The van der Waals surface area contributed by atoms with Crippen molar-refractivity contribution >= 4 is 11.5 Å². The Bertz CT molecular complexity index is 614. The minimum Gasteiger partial charge on any atom is -0.368 e. The van der Waals surface area contributed by atoms with Gasteiger partial charge < -0.3 is 5.32 Å². The highest BCUT2D eigenvalue weighted by atomic mass is 16.6. The van der Waals surface area contributed by atoms with Crippen molar-refractivity contribution in [2.45, 2.75) is 32.7 Å². The summed E-state index contributed by atoms with van der Waals surface area (Å²) < 4.78 is 0. The Kier molecular flexibility index (Phi) is 4.87. The number of nitrogens with zero attached hydrogens (tertiary/aromatic N) is 2. The van der Waals surface area contributed by atoms with Crippen molar-refractivity contribution in [3.05, 3.63) is 63.8 Å². The lowest BCUT2D eigenvalue weighted by Gasteiger charge is -2.14. The molecule has 21 heavy (non-hydrogen) atoms. The topological polar surface area (TPSA) is 68.1 Å². The van der Waals surface area contributed by atoms with Crippen LogP contribution in [0.15, 0.2) is 42.6 Å². The van der Waals surface area contributed by atoms with Crippen LogP contribution in [0.3, 0.4) is 0 Å². The molecule has 5 nitrogen and oxygen atoms in total. The van der Waals surface area contributed by atoms with E-state index < -0.39 is 4.92 Å². The number of benzene rings is 1. The number of nitro groups is 1. The summed E-state index contributed by atoms with van der Waals surface area (Å²) in [5.74, 6) is 0.679. The average Bonchev–Trinajstić information content (AvgIpc) is 2.46. The smallest absolute Gasteiger partial charge is 0.290 e. The van der Waals surface area contributed by atoms with Crippen LogP contribution in [0.1, 0.15) is 24.5 Å². The van der Waals surface area contributed by atoms with Crippen molar-refractivity contribution in [2.24, 2.45) is 0 Å². The molecule has 0 spiro atoms. The summed E-state index contributed by atoms with van der Waals surface area (Å²) in [6, 6.07) is 12.3. The van der Waals surface area contributed by atoms with Crippen molar-refractivity contribution in [1.82, 2.24) is 4.98 Å². The SMILES string of the molecule is Cc1cc(NC(C)CCc2ccccc2)ncc1[N+](=O)[O-]. The van der Waals surface area contributed by atoms with E-state index in [2.05, 4.69) is 29.4 Å². The molecule has 0 radical (unpaired) electrons. The monoisotopic (exact) mass is 285 g/mol. The number of hydrogen-bond donors (Lipinski definition) is 1. The first-order valence-corrected chi connectivity index (χ1v) is 6.98. The zero-order valence-electron chi connectivity index (χ0n) is 12.2. The Morgan fingerprint density at radius 2 is 2.05 bits per heavy atom. The number of nitrogens with one attached hydrogen (secondary N) is 1. The van der Waals surface area contributed by atoms with Crippen LogP contribution in [0.2, 0.25) is 0 Å². The van der Waals surface area contributed by atoms with E-state index in [1.165, 1.54) is 11.8 Å². The number of pyridine rings is 1. The second-order valence-corrected chi connectivity index (χ2v) is 5.18. The maximum absolute atomic E-state index is 10.8. The summed E-state index contributed by atoms with van der Waals surface area (Å²) in [7, 11) is 0. The first-order chi connectivity index (χ1) is 10.1. The van der Waals surface area contributed by atoms with Gasteiger partial charge in [-0.2, -0.15) is 0 Å². The first-order valence-electron chi connectivity index (χ1n) is 6.98. The van der Waals surface area contributed by atoms with Gasteiger partial charge in [0.05, 0.1) is 4.92 Å². The fourth-order valence-corrected chi connectivity index (χ4v) is 2.17. The third kappa shape index (κ3) is 4.27. The Balaban J connectivity index is 1.92. The standard InChI is InChI=1S/C16H19N3O2/c1-12-10-16(17-11-15(12)19(20)21)18-13(2)8-9-14-6-4-3-5-7-14/h3-7,10-11,13H,8-9H2,1-2H3,(H,17,18). The maximum Gasteiger partial charge on any atom is 0.290 e. The largest absolute Gasteiger partial charge is 0.368 e. The van der Waals surface area contributed by atoms with Crippen LogP contribution in [0.25, 0.3) is 0 Å². The Hall–Kier alpha value is -2.43. The van der Waals surface area contributed by atoms with E-state index in [9.17, 15) is 10.1 Å². The fourth-order valence-electron chi connectivity index (χ4n) is 2.17. The van der Waals surface area contributed by atoms with Crippen molar-refractivity contribution in [3.63, 3.8) is 0 Å².